The normalized spacial score (nSPS) is 11.8. The van der Waals surface area contributed by atoms with Crippen LogP contribution in [0.15, 0.2) is 41.0 Å². The van der Waals surface area contributed by atoms with Gasteiger partial charge in [-0.1, -0.05) is 34.9 Å². The molecule has 0 unspecified atom stereocenters. The SMILES string of the molecule is COc1cc(O)c2c(c1CC=C(C)C)Oc1c(CC=C(C)C)c(O)c(O)c(CC=C(C)C)c1OC2=O. The molecule has 1 aliphatic heterocycles. The average Bonchev–Trinajstić information content (AvgIpc) is 2.94. The summed E-state index contributed by atoms with van der Waals surface area (Å²) in [4.78, 5) is 13.4. The van der Waals surface area contributed by atoms with E-state index in [1.165, 1.54) is 13.2 Å². The molecule has 7 heteroatoms. The Hall–Kier alpha value is -3.87. The predicted molar refractivity (Wildman–Crippen MR) is 139 cm³/mol. The summed E-state index contributed by atoms with van der Waals surface area (Å²) in [5.74, 6) is -1.36. The van der Waals surface area contributed by atoms with Crippen molar-refractivity contribution >= 4 is 5.97 Å². The van der Waals surface area contributed by atoms with Crippen molar-refractivity contribution < 1.29 is 34.3 Å². The lowest BCUT2D eigenvalue weighted by atomic mass is 9.99. The van der Waals surface area contributed by atoms with E-state index in [9.17, 15) is 20.1 Å². The number of ether oxygens (including phenoxy) is 3. The topological polar surface area (TPSA) is 105 Å². The number of phenols is 3. The molecule has 3 rings (SSSR count). The van der Waals surface area contributed by atoms with E-state index in [-0.39, 0.29) is 64.0 Å². The second-order valence-corrected chi connectivity index (χ2v) is 9.54. The van der Waals surface area contributed by atoms with Gasteiger partial charge in [0.1, 0.15) is 17.1 Å². The summed E-state index contributed by atoms with van der Waals surface area (Å²) >= 11 is 0. The summed E-state index contributed by atoms with van der Waals surface area (Å²) in [6.07, 6.45) is 6.45. The lowest BCUT2D eigenvalue weighted by molar-refractivity contribution is 0.0732. The Labute approximate surface area is 212 Å². The summed E-state index contributed by atoms with van der Waals surface area (Å²) in [7, 11) is 1.47. The summed E-state index contributed by atoms with van der Waals surface area (Å²) in [6, 6.07) is 1.36. The number of hydrogen-bond donors (Lipinski definition) is 3. The molecule has 0 saturated heterocycles. The third kappa shape index (κ3) is 5.35. The van der Waals surface area contributed by atoms with Crippen LogP contribution in [0.1, 0.15) is 68.6 Å². The van der Waals surface area contributed by atoms with Crippen LogP contribution in [0.3, 0.4) is 0 Å². The molecule has 1 heterocycles. The number of hydrogen-bond acceptors (Lipinski definition) is 7. The third-order valence-electron chi connectivity index (χ3n) is 5.84. The maximum absolute atomic E-state index is 13.4. The minimum Gasteiger partial charge on any atom is -0.507 e. The molecule has 0 bridgehead atoms. The molecule has 0 atom stereocenters. The van der Waals surface area contributed by atoms with Gasteiger partial charge < -0.3 is 29.5 Å². The number of aromatic hydroxyl groups is 3. The molecule has 0 saturated carbocycles. The van der Waals surface area contributed by atoms with Crippen LogP contribution in [0.2, 0.25) is 0 Å². The molecule has 192 valence electrons. The number of allylic oxidation sites excluding steroid dienone is 6. The van der Waals surface area contributed by atoms with Crippen molar-refractivity contribution in [2.45, 2.75) is 60.8 Å². The van der Waals surface area contributed by atoms with Crippen molar-refractivity contribution in [1.29, 1.82) is 0 Å². The Morgan fingerprint density at radius 3 is 1.64 bits per heavy atom. The first kappa shape index (κ1) is 26.7. The minimum atomic E-state index is -0.834. The number of carbonyl (C=O) groups is 1. The smallest absolute Gasteiger partial charge is 0.351 e. The highest BCUT2D eigenvalue weighted by Crippen LogP contribution is 2.54. The molecule has 0 spiro atoms. The molecular weight excluding hydrogens is 460 g/mol. The Morgan fingerprint density at radius 2 is 1.19 bits per heavy atom. The summed E-state index contributed by atoms with van der Waals surface area (Å²) < 4.78 is 17.6. The first-order valence-electron chi connectivity index (χ1n) is 11.8. The van der Waals surface area contributed by atoms with Gasteiger partial charge in [-0.25, -0.2) is 4.79 Å². The fourth-order valence-electron chi connectivity index (χ4n) is 3.88. The monoisotopic (exact) mass is 494 g/mol. The van der Waals surface area contributed by atoms with E-state index in [1.54, 1.807) is 0 Å². The number of fused-ring (bicyclic) bond motifs is 2. The molecule has 0 aliphatic carbocycles. The Kier molecular flexibility index (Phi) is 8.03. The summed E-state index contributed by atoms with van der Waals surface area (Å²) in [5, 5.41) is 32.7. The highest BCUT2D eigenvalue weighted by atomic mass is 16.6. The van der Waals surface area contributed by atoms with E-state index in [0.29, 0.717) is 17.7 Å². The van der Waals surface area contributed by atoms with Gasteiger partial charge in [0.05, 0.1) is 7.11 Å². The van der Waals surface area contributed by atoms with E-state index in [4.69, 9.17) is 14.2 Å². The number of carbonyl (C=O) groups excluding carboxylic acids is 1. The van der Waals surface area contributed by atoms with Crippen molar-refractivity contribution in [2.75, 3.05) is 7.11 Å². The highest BCUT2D eigenvalue weighted by molar-refractivity contribution is 5.99. The molecule has 2 aromatic rings. The number of phenolic OH excluding ortho intramolecular Hbond substituents is 3. The van der Waals surface area contributed by atoms with Gasteiger partial charge >= 0.3 is 5.97 Å². The molecule has 2 aromatic carbocycles. The summed E-state index contributed by atoms with van der Waals surface area (Å²) in [6.45, 7) is 11.5. The van der Waals surface area contributed by atoms with E-state index < -0.39 is 5.97 Å². The second-order valence-electron chi connectivity index (χ2n) is 9.54. The van der Waals surface area contributed by atoms with Crippen molar-refractivity contribution in [3.8, 4) is 40.2 Å². The first-order chi connectivity index (χ1) is 17.0. The summed E-state index contributed by atoms with van der Waals surface area (Å²) in [5.41, 5.74) is 3.89. The van der Waals surface area contributed by atoms with Crippen LogP contribution < -0.4 is 14.2 Å². The quantitative estimate of drug-likeness (QED) is 0.171. The maximum atomic E-state index is 13.4. The average molecular weight is 495 g/mol. The fourth-order valence-corrected chi connectivity index (χ4v) is 3.88. The van der Waals surface area contributed by atoms with E-state index in [0.717, 1.165) is 16.7 Å². The van der Waals surface area contributed by atoms with Crippen LogP contribution in [0.25, 0.3) is 0 Å². The van der Waals surface area contributed by atoms with Crippen LogP contribution in [0, 0.1) is 0 Å². The van der Waals surface area contributed by atoms with Crippen LogP contribution >= 0.6 is 0 Å². The molecule has 0 radical (unpaired) electrons. The maximum Gasteiger partial charge on any atom is 0.351 e. The van der Waals surface area contributed by atoms with Gasteiger partial charge in [-0.3, -0.25) is 0 Å². The van der Waals surface area contributed by atoms with Gasteiger partial charge in [0.15, 0.2) is 28.7 Å². The largest absolute Gasteiger partial charge is 0.507 e. The first-order valence-corrected chi connectivity index (χ1v) is 11.8. The van der Waals surface area contributed by atoms with E-state index in [1.807, 2.05) is 59.8 Å². The van der Waals surface area contributed by atoms with Gasteiger partial charge in [0.25, 0.3) is 0 Å². The highest BCUT2D eigenvalue weighted by Gasteiger charge is 2.35. The number of methoxy groups -OCH3 is 1. The Morgan fingerprint density at radius 1 is 0.750 bits per heavy atom. The number of benzene rings is 2. The van der Waals surface area contributed by atoms with Crippen molar-refractivity contribution in [2.24, 2.45) is 0 Å². The fraction of sp³-hybridized carbons (Fsp3) is 0.345. The second kappa shape index (κ2) is 10.8. The predicted octanol–water partition coefficient (Wildman–Crippen LogP) is 6.66. The van der Waals surface area contributed by atoms with Crippen molar-refractivity contribution in [3.63, 3.8) is 0 Å². The third-order valence-corrected chi connectivity index (χ3v) is 5.84. The van der Waals surface area contributed by atoms with Crippen LogP contribution in [0.4, 0.5) is 0 Å². The zero-order chi connectivity index (χ0) is 26.7. The van der Waals surface area contributed by atoms with Crippen molar-refractivity contribution in [3.05, 3.63) is 63.3 Å². The molecular formula is C29H34O7. The molecule has 7 nitrogen and oxygen atoms in total. The standard InChI is InChI=1S/C29H34O7/c1-15(2)8-11-18-22(34-7)14-21(30)23-26(18)35-27-19(12-9-16(3)4)24(31)25(32)20(13-10-17(5)6)28(27)36-29(23)33/h8-10,14,30-32H,11-13H2,1-7H3. The van der Waals surface area contributed by atoms with Crippen LogP contribution in [-0.2, 0) is 19.3 Å². The van der Waals surface area contributed by atoms with Gasteiger partial charge in [0, 0.05) is 22.8 Å². The van der Waals surface area contributed by atoms with Gasteiger partial charge in [-0.05, 0) is 60.8 Å². The molecule has 0 fully saturated rings. The van der Waals surface area contributed by atoms with Crippen LogP contribution in [0.5, 0.6) is 40.2 Å². The lowest BCUT2D eigenvalue weighted by Gasteiger charge is -2.20. The number of esters is 1. The molecule has 1 aliphatic rings. The Balaban J connectivity index is 2.40. The molecule has 0 amide bonds. The zero-order valence-corrected chi connectivity index (χ0v) is 21.9. The van der Waals surface area contributed by atoms with E-state index >= 15 is 0 Å². The van der Waals surface area contributed by atoms with Crippen molar-refractivity contribution in [1.82, 2.24) is 0 Å². The van der Waals surface area contributed by atoms with Gasteiger partial charge in [-0.2, -0.15) is 0 Å². The molecule has 36 heavy (non-hydrogen) atoms. The van der Waals surface area contributed by atoms with E-state index in [2.05, 4.69) is 0 Å². The number of rotatable bonds is 7. The Bertz CT molecular complexity index is 1280. The van der Waals surface area contributed by atoms with Crippen LogP contribution in [-0.4, -0.2) is 28.4 Å². The van der Waals surface area contributed by atoms with Gasteiger partial charge in [-0.15, -0.1) is 0 Å². The zero-order valence-electron chi connectivity index (χ0n) is 21.9. The minimum absolute atomic E-state index is 0.00712. The van der Waals surface area contributed by atoms with Gasteiger partial charge in [0.2, 0.25) is 0 Å². The molecule has 0 aromatic heterocycles. The molecule has 3 N–H and O–H groups in total. The lowest BCUT2D eigenvalue weighted by Crippen LogP contribution is -2.10.